The van der Waals surface area contributed by atoms with Gasteiger partial charge in [0.2, 0.25) is 0 Å². The summed E-state index contributed by atoms with van der Waals surface area (Å²) >= 11 is 1.40. The quantitative estimate of drug-likeness (QED) is 0.842. The molecule has 3 N–H and O–H groups in total. The lowest BCUT2D eigenvalue weighted by Gasteiger charge is -2.13. The van der Waals surface area contributed by atoms with E-state index < -0.39 is 6.09 Å². The highest BCUT2D eigenvalue weighted by Crippen LogP contribution is 2.31. The Morgan fingerprint density at radius 1 is 1.37 bits per heavy atom. The van der Waals surface area contributed by atoms with E-state index >= 15 is 0 Å². The molecule has 0 saturated heterocycles. The number of ether oxygens (including phenoxy) is 1. The molecule has 100 valence electrons. The van der Waals surface area contributed by atoms with Crippen LogP contribution in [0.3, 0.4) is 0 Å². The highest BCUT2D eigenvalue weighted by atomic mass is 32.2. The number of thioether (sulfide) groups is 1. The number of carbonyl (C=O) groups excluding carboxylic acids is 1. The van der Waals surface area contributed by atoms with Crippen molar-refractivity contribution < 1.29 is 14.6 Å². The smallest absolute Gasteiger partial charge is 0.405 e. The average Bonchev–Trinajstić information content (AvgIpc) is 2.36. The Kier molecular flexibility index (Phi) is 4.16. The lowest BCUT2D eigenvalue weighted by atomic mass is 10.0. The number of rotatable bonds is 4. The van der Waals surface area contributed by atoms with Crippen molar-refractivity contribution in [2.45, 2.75) is 18.1 Å². The lowest BCUT2D eigenvalue weighted by Crippen LogP contribution is -2.18. The van der Waals surface area contributed by atoms with E-state index in [-0.39, 0.29) is 11.2 Å². The van der Waals surface area contributed by atoms with Crippen molar-refractivity contribution in [3.63, 3.8) is 0 Å². The second kappa shape index (κ2) is 5.84. The molecule has 0 heterocycles. The number of benzene rings is 2. The predicted octanol–water partition coefficient (Wildman–Crippen LogP) is 3.22. The zero-order valence-corrected chi connectivity index (χ0v) is 11.3. The fraction of sp³-hybridized carbons (Fsp3) is 0.214. The number of nitrogens with two attached hydrogens (primary N) is 1. The zero-order valence-electron chi connectivity index (χ0n) is 10.5. The molecule has 2 aromatic carbocycles. The lowest BCUT2D eigenvalue weighted by molar-refractivity contribution is 0.152. The minimum Gasteiger partial charge on any atom is -0.508 e. The van der Waals surface area contributed by atoms with E-state index in [0.717, 1.165) is 16.3 Å². The normalized spacial score (nSPS) is 12.3. The van der Waals surface area contributed by atoms with E-state index in [1.807, 2.05) is 30.3 Å². The van der Waals surface area contributed by atoms with Crippen molar-refractivity contribution in [2.24, 2.45) is 5.73 Å². The van der Waals surface area contributed by atoms with Crippen molar-refractivity contribution >= 4 is 28.6 Å². The minimum absolute atomic E-state index is 0.248. The first kappa shape index (κ1) is 13.5. The molecule has 1 atom stereocenters. The number of hydrogen-bond acceptors (Lipinski definition) is 4. The monoisotopic (exact) mass is 277 g/mol. The van der Waals surface area contributed by atoms with Crippen LogP contribution in [0.2, 0.25) is 0 Å². The van der Waals surface area contributed by atoms with E-state index in [1.165, 1.54) is 11.8 Å². The maximum absolute atomic E-state index is 10.6. The number of aromatic hydroxyl groups is 1. The highest BCUT2D eigenvalue weighted by molar-refractivity contribution is 7.99. The first-order valence-corrected chi connectivity index (χ1v) is 6.90. The van der Waals surface area contributed by atoms with Gasteiger partial charge >= 0.3 is 6.09 Å². The average molecular weight is 277 g/mol. The third-order valence-electron chi connectivity index (χ3n) is 2.76. The molecule has 0 aromatic heterocycles. The summed E-state index contributed by atoms with van der Waals surface area (Å²) in [5.41, 5.74) is 5.44. The Bertz CT molecular complexity index is 600. The van der Waals surface area contributed by atoms with Crippen LogP contribution >= 0.6 is 11.8 Å². The fourth-order valence-corrected chi connectivity index (χ4v) is 2.74. The van der Waals surface area contributed by atoms with Gasteiger partial charge in [-0.1, -0.05) is 30.3 Å². The molecule has 0 aliphatic heterocycles. The summed E-state index contributed by atoms with van der Waals surface area (Å²) in [6, 6.07) is 11.4. The van der Waals surface area contributed by atoms with Crippen LogP contribution in [0.4, 0.5) is 4.79 Å². The molecule has 5 heteroatoms. The highest BCUT2D eigenvalue weighted by Gasteiger charge is 2.11. The van der Waals surface area contributed by atoms with Crippen LogP contribution in [-0.4, -0.2) is 16.6 Å². The maximum Gasteiger partial charge on any atom is 0.405 e. The molecule has 0 radical (unpaired) electrons. The molecule has 0 spiro atoms. The van der Waals surface area contributed by atoms with Gasteiger partial charge in [0.15, 0.2) is 0 Å². The Hall–Kier alpha value is -1.88. The van der Waals surface area contributed by atoms with Gasteiger partial charge in [-0.25, -0.2) is 4.79 Å². The van der Waals surface area contributed by atoms with Crippen LogP contribution in [0.5, 0.6) is 5.75 Å². The molecule has 19 heavy (non-hydrogen) atoms. The summed E-state index contributed by atoms with van der Waals surface area (Å²) in [5.74, 6) is 0.791. The molecule has 0 aliphatic carbocycles. The SMILES string of the molecule is CC(OC(N)=O)SCc1c(O)ccc2ccccc12. The summed E-state index contributed by atoms with van der Waals surface area (Å²) in [6.45, 7) is 1.75. The van der Waals surface area contributed by atoms with Crippen molar-refractivity contribution in [3.8, 4) is 5.75 Å². The van der Waals surface area contributed by atoms with Crippen LogP contribution in [-0.2, 0) is 10.5 Å². The van der Waals surface area contributed by atoms with Gasteiger partial charge in [-0.05, 0) is 23.8 Å². The molecule has 2 aromatic rings. The number of carbonyl (C=O) groups is 1. The number of fused-ring (bicyclic) bond motifs is 1. The van der Waals surface area contributed by atoms with Crippen LogP contribution in [0.15, 0.2) is 36.4 Å². The summed E-state index contributed by atoms with van der Waals surface area (Å²) < 4.78 is 4.84. The maximum atomic E-state index is 10.6. The molecule has 4 nitrogen and oxygen atoms in total. The Morgan fingerprint density at radius 2 is 2.11 bits per heavy atom. The predicted molar refractivity (Wildman–Crippen MR) is 77.0 cm³/mol. The molecule has 1 amide bonds. The number of phenolic OH excluding ortho intramolecular Hbond substituents is 1. The van der Waals surface area contributed by atoms with E-state index in [9.17, 15) is 9.90 Å². The summed E-state index contributed by atoms with van der Waals surface area (Å²) in [6.07, 6.45) is -0.790. The third kappa shape index (κ3) is 3.32. The number of primary amides is 1. The van der Waals surface area contributed by atoms with Crippen molar-refractivity contribution in [3.05, 3.63) is 42.0 Å². The van der Waals surface area contributed by atoms with Gasteiger partial charge in [-0.15, -0.1) is 11.8 Å². The first-order chi connectivity index (χ1) is 9.08. The molecule has 1 unspecified atom stereocenters. The van der Waals surface area contributed by atoms with E-state index in [1.54, 1.807) is 13.0 Å². The van der Waals surface area contributed by atoms with Gasteiger partial charge in [0.1, 0.15) is 11.2 Å². The van der Waals surface area contributed by atoms with Gasteiger partial charge in [0, 0.05) is 11.3 Å². The standard InChI is InChI=1S/C14H15NO3S/c1-9(18-14(15)17)19-8-12-11-5-3-2-4-10(11)6-7-13(12)16/h2-7,9,16H,8H2,1H3,(H2,15,17). The molecular formula is C14H15NO3S. The van der Waals surface area contributed by atoms with Crippen molar-refractivity contribution in [1.82, 2.24) is 0 Å². The van der Waals surface area contributed by atoms with Gasteiger partial charge in [0.25, 0.3) is 0 Å². The van der Waals surface area contributed by atoms with Gasteiger partial charge in [-0.2, -0.15) is 0 Å². The minimum atomic E-state index is -0.790. The molecule has 0 bridgehead atoms. The van der Waals surface area contributed by atoms with Gasteiger partial charge in [0.05, 0.1) is 0 Å². The molecule has 0 fully saturated rings. The van der Waals surface area contributed by atoms with Crippen LogP contribution < -0.4 is 5.73 Å². The first-order valence-electron chi connectivity index (χ1n) is 5.85. The third-order valence-corrected chi connectivity index (χ3v) is 3.78. The van der Waals surface area contributed by atoms with Crippen LogP contribution in [0.1, 0.15) is 12.5 Å². The van der Waals surface area contributed by atoms with E-state index in [4.69, 9.17) is 10.5 Å². The zero-order chi connectivity index (χ0) is 13.8. The number of hydrogen-bond donors (Lipinski definition) is 2. The van der Waals surface area contributed by atoms with Crippen molar-refractivity contribution in [1.29, 1.82) is 0 Å². The summed E-state index contributed by atoms with van der Waals surface area (Å²) in [7, 11) is 0. The molecular weight excluding hydrogens is 262 g/mol. The summed E-state index contributed by atoms with van der Waals surface area (Å²) in [4.78, 5) is 10.6. The Labute approximate surface area is 115 Å². The second-order valence-electron chi connectivity index (χ2n) is 4.10. The second-order valence-corrected chi connectivity index (χ2v) is 5.39. The Morgan fingerprint density at radius 3 is 2.84 bits per heavy atom. The Balaban J connectivity index is 2.20. The molecule has 0 aliphatic rings. The largest absolute Gasteiger partial charge is 0.508 e. The van der Waals surface area contributed by atoms with Crippen LogP contribution in [0, 0.1) is 0 Å². The van der Waals surface area contributed by atoms with Crippen molar-refractivity contribution in [2.75, 3.05) is 0 Å². The molecule has 0 saturated carbocycles. The van der Waals surface area contributed by atoms with Gasteiger partial charge in [-0.3, -0.25) is 0 Å². The van der Waals surface area contributed by atoms with Crippen LogP contribution in [0.25, 0.3) is 10.8 Å². The molecule has 2 rings (SSSR count). The summed E-state index contributed by atoms with van der Waals surface area (Å²) in [5, 5.41) is 12.0. The topological polar surface area (TPSA) is 72.5 Å². The van der Waals surface area contributed by atoms with E-state index in [2.05, 4.69) is 0 Å². The fourth-order valence-electron chi connectivity index (χ4n) is 1.87. The van der Waals surface area contributed by atoms with E-state index in [0.29, 0.717) is 5.75 Å². The van der Waals surface area contributed by atoms with Gasteiger partial charge < -0.3 is 15.6 Å². The number of phenols is 1. The number of amides is 1.